The Bertz CT molecular complexity index is 1360. The van der Waals surface area contributed by atoms with Gasteiger partial charge >= 0.3 is 192 Å². The van der Waals surface area contributed by atoms with Crippen LogP contribution in [0.25, 0.3) is 21.5 Å². The number of hydrogen-bond donors (Lipinski definition) is 3. The molecule has 1 fully saturated rings. The molecule has 0 spiro atoms. The van der Waals surface area contributed by atoms with Crippen LogP contribution in [-0.2, 0) is 14.8 Å². The predicted octanol–water partition coefficient (Wildman–Crippen LogP) is 4.85. The first-order valence-corrected chi connectivity index (χ1v) is 16.2. The molecule has 2 aromatic heterocycles. The van der Waals surface area contributed by atoms with E-state index in [4.69, 9.17) is 0 Å². The summed E-state index contributed by atoms with van der Waals surface area (Å²) in [5.74, 6) is -1.09. The Labute approximate surface area is 190 Å². The second kappa shape index (κ2) is 7.44. The van der Waals surface area contributed by atoms with E-state index in [0.29, 0.717) is 0 Å². The predicted molar refractivity (Wildman–Crippen MR) is 131 cm³/mol. The van der Waals surface area contributed by atoms with Gasteiger partial charge in [0.1, 0.15) is 0 Å². The van der Waals surface area contributed by atoms with Crippen molar-refractivity contribution in [2.75, 3.05) is 4.93 Å². The molecule has 0 aliphatic carbocycles. The number of carboxylic acids is 1. The van der Waals surface area contributed by atoms with E-state index in [1.165, 1.54) is 6.07 Å². The molecule has 6 nitrogen and oxygen atoms in total. The molecular formula is C22H19IN2O4S2. The summed E-state index contributed by atoms with van der Waals surface area (Å²) in [7, 11) is -3.98. The monoisotopic (exact) mass is 566 g/mol. The summed E-state index contributed by atoms with van der Waals surface area (Å²) >= 11 is -0.997. The zero-order chi connectivity index (χ0) is 21.8. The fourth-order valence-corrected chi connectivity index (χ4v) is 15.1. The molecule has 1 aliphatic heterocycles. The van der Waals surface area contributed by atoms with Gasteiger partial charge in [-0.25, -0.2) is 0 Å². The van der Waals surface area contributed by atoms with Crippen LogP contribution < -0.4 is 4.72 Å². The van der Waals surface area contributed by atoms with Crippen molar-refractivity contribution in [3.05, 3.63) is 78.4 Å². The van der Waals surface area contributed by atoms with Crippen molar-refractivity contribution < 1.29 is 18.3 Å². The van der Waals surface area contributed by atoms with Gasteiger partial charge in [0.05, 0.1) is 0 Å². The number of H-pyrrole nitrogens is 1. The van der Waals surface area contributed by atoms with Crippen molar-refractivity contribution in [1.29, 1.82) is 0 Å². The SMILES string of the molecule is CI1[C@H](c2ccccc2)[C@]1(NS(=O)(=O)c1ccc(-c2cc3ccccc3[nH]2)s1)C(=O)O. The van der Waals surface area contributed by atoms with Crippen LogP contribution in [-0.4, -0.2) is 33.0 Å². The number of sulfonamides is 1. The van der Waals surface area contributed by atoms with E-state index in [2.05, 4.69) is 9.71 Å². The van der Waals surface area contributed by atoms with E-state index in [-0.39, 0.29) is 8.13 Å². The minimum absolute atomic E-state index is 0.116. The molecule has 9 heteroatoms. The van der Waals surface area contributed by atoms with Crippen molar-refractivity contribution in [3.8, 4) is 10.6 Å². The summed E-state index contributed by atoms with van der Waals surface area (Å²) in [6, 6.07) is 22.4. The molecule has 4 aromatic rings. The van der Waals surface area contributed by atoms with Gasteiger partial charge in [0.15, 0.2) is 0 Å². The molecule has 0 amide bonds. The molecule has 0 unspecified atom stereocenters. The third-order valence-corrected chi connectivity index (χ3v) is 15.8. The number of para-hydroxylation sites is 1. The van der Waals surface area contributed by atoms with E-state index in [1.54, 1.807) is 6.07 Å². The molecule has 1 aliphatic rings. The molecule has 2 aromatic carbocycles. The summed E-state index contributed by atoms with van der Waals surface area (Å²) in [6.45, 7) is 0. The number of nitrogens with one attached hydrogen (secondary N) is 2. The zero-order valence-electron chi connectivity index (χ0n) is 16.4. The van der Waals surface area contributed by atoms with Gasteiger partial charge in [-0.15, -0.1) is 0 Å². The second-order valence-corrected chi connectivity index (χ2v) is 16.2. The molecule has 3 heterocycles. The zero-order valence-corrected chi connectivity index (χ0v) is 20.2. The Hall–Kier alpha value is -2.21. The summed E-state index contributed by atoms with van der Waals surface area (Å²) < 4.78 is 27.4. The van der Waals surface area contributed by atoms with Crippen molar-refractivity contribution in [3.63, 3.8) is 0 Å². The van der Waals surface area contributed by atoms with Gasteiger partial charge in [0.2, 0.25) is 0 Å². The van der Waals surface area contributed by atoms with Gasteiger partial charge in [0.25, 0.3) is 0 Å². The first-order chi connectivity index (χ1) is 14.8. The Morgan fingerprint density at radius 1 is 1.10 bits per heavy atom. The normalized spacial score (nSPS) is 22.0. The molecule has 1 saturated heterocycles. The number of carbonyl (C=O) groups is 1. The minimum atomic E-state index is -3.98. The van der Waals surface area contributed by atoms with E-state index < -0.39 is 39.4 Å². The number of aliphatic carboxylic acids is 1. The molecule has 160 valence electrons. The number of alkyl halides is 3. The fourth-order valence-electron chi connectivity index (χ4n) is 3.84. The van der Waals surface area contributed by atoms with Crippen molar-refractivity contribution in [1.82, 2.24) is 9.71 Å². The van der Waals surface area contributed by atoms with Gasteiger partial charge < -0.3 is 0 Å². The molecule has 0 saturated carbocycles. The molecule has 3 N–H and O–H groups in total. The van der Waals surface area contributed by atoms with Crippen LogP contribution in [0.4, 0.5) is 0 Å². The molecule has 5 rings (SSSR count). The first kappa shape index (κ1) is 20.7. The average molecular weight is 566 g/mol. The van der Waals surface area contributed by atoms with Crippen molar-refractivity contribution in [2.24, 2.45) is 0 Å². The topological polar surface area (TPSA) is 99.3 Å². The Balaban J connectivity index is 1.46. The van der Waals surface area contributed by atoms with Gasteiger partial charge in [-0.05, 0) is 0 Å². The first-order valence-electron chi connectivity index (χ1n) is 9.42. The molecule has 0 radical (unpaired) electrons. The Morgan fingerprint density at radius 3 is 2.52 bits per heavy atom. The summed E-state index contributed by atoms with van der Waals surface area (Å²) in [4.78, 5) is 18.2. The van der Waals surface area contributed by atoms with E-state index in [9.17, 15) is 18.3 Å². The number of carboxylic acid groups (broad SMARTS) is 1. The number of benzene rings is 2. The van der Waals surface area contributed by atoms with Gasteiger partial charge in [-0.2, -0.15) is 0 Å². The van der Waals surface area contributed by atoms with Crippen LogP contribution in [0.1, 0.15) is 9.49 Å². The van der Waals surface area contributed by atoms with E-state index in [0.717, 1.165) is 38.4 Å². The number of fused-ring (bicyclic) bond motifs is 1. The summed E-state index contributed by atoms with van der Waals surface area (Å²) in [5.41, 5.74) is 2.69. The van der Waals surface area contributed by atoms with Gasteiger partial charge in [0, 0.05) is 0 Å². The third kappa shape index (κ3) is 3.39. The van der Waals surface area contributed by atoms with Crippen LogP contribution >= 0.6 is 31.2 Å². The third-order valence-electron chi connectivity index (χ3n) is 5.43. The molecule has 2 atom stereocenters. The molecule has 31 heavy (non-hydrogen) atoms. The van der Waals surface area contributed by atoms with Gasteiger partial charge in [-0.3, -0.25) is 0 Å². The summed E-state index contributed by atoms with van der Waals surface area (Å²) in [5, 5.41) is 11.0. The number of thiophene rings is 1. The Kier molecular flexibility index (Phi) is 4.96. The fraction of sp³-hybridized carbons (Fsp3) is 0.136. The number of aromatic nitrogens is 1. The van der Waals surface area contributed by atoms with Crippen molar-refractivity contribution >= 4 is 58.1 Å². The maximum absolute atomic E-state index is 13.2. The second-order valence-electron chi connectivity index (χ2n) is 7.30. The van der Waals surface area contributed by atoms with Crippen LogP contribution in [0.15, 0.2) is 77.0 Å². The number of hydrogen-bond acceptors (Lipinski definition) is 4. The van der Waals surface area contributed by atoms with Crippen LogP contribution in [0, 0.1) is 0 Å². The van der Waals surface area contributed by atoms with Crippen LogP contribution in [0.3, 0.4) is 0 Å². The standard InChI is InChI=1S/C22H19IN2O4S2/c1-23-20(14-7-3-2-4-8-14)22(23,21(26)27)25-31(28,29)19-12-11-18(30-19)17-13-15-9-5-6-10-16(15)24-17/h2-13,20,24-25H,1H3,(H,26,27)/t20-,22+/m1/s1. The van der Waals surface area contributed by atoms with E-state index in [1.807, 2.05) is 65.6 Å². The van der Waals surface area contributed by atoms with Crippen LogP contribution in [0.2, 0.25) is 0 Å². The quantitative estimate of drug-likeness (QED) is 0.177. The number of rotatable bonds is 6. The van der Waals surface area contributed by atoms with Crippen molar-refractivity contribution in [2.45, 2.75) is 11.7 Å². The van der Waals surface area contributed by atoms with E-state index >= 15 is 0 Å². The van der Waals surface area contributed by atoms with Gasteiger partial charge in [-0.1, -0.05) is 0 Å². The molecular weight excluding hydrogens is 547 g/mol. The molecule has 0 bridgehead atoms. The average Bonchev–Trinajstić information content (AvgIpc) is 3.16. The number of halogens is 1. The maximum atomic E-state index is 13.2. The summed E-state index contributed by atoms with van der Waals surface area (Å²) in [6.07, 6.45) is 0. The Morgan fingerprint density at radius 2 is 1.81 bits per heavy atom. The number of aromatic amines is 1. The van der Waals surface area contributed by atoms with Crippen LogP contribution in [0.5, 0.6) is 0 Å².